The number of halogens is 9. The molecule has 2 aromatic carbocycles. The van der Waals surface area contributed by atoms with E-state index in [1.807, 2.05) is 0 Å². The standard InChI is InChI=1S/C18H10F5N4O3.BF4/c19-12-13(20)15(22)18(16(23)14(12)21)26-6-25-11(24-26)5-30-10-3-7-1-2-8(27(28)29)4-9(7)17(10)25;2-1(3,4)5/h1-2,4,6,10,17H,3,5H2;/q+1;-1/t10-,17+;/m1./s1. The third-order valence-corrected chi connectivity index (χ3v) is 5.33. The Labute approximate surface area is 188 Å². The van der Waals surface area contributed by atoms with Gasteiger partial charge < -0.3 is 22.0 Å². The smallest absolute Gasteiger partial charge is 0.418 e. The van der Waals surface area contributed by atoms with Crippen LogP contribution in [-0.4, -0.2) is 28.1 Å². The maximum Gasteiger partial charge on any atom is 0.673 e. The largest absolute Gasteiger partial charge is 0.673 e. The van der Waals surface area contributed by atoms with Crippen molar-refractivity contribution in [3.63, 3.8) is 0 Å². The van der Waals surface area contributed by atoms with Crippen molar-refractivity contribution in [1.29, 1.82) is 0 Å². The molecule has 0 amide bonds. The van der Waals surface area contributed by atoms with E-state index >= 15 is 0 Å². The second-order valence-corrected chi connectivity index (χ2v) is 7.44. The van der Waals surface area contributed by atoms with Crippen LogP contribution >= 0.6 is 0 Å². The first-order valence-corrected chi connectivity index (χ1v) is 9.55. The lowest BCUT2D eigenvalue weighted by molar-refractivity contribution is -0.739. The molecule has 1 aliphatic heterocycles. The molecule has 0 spiro atoms. The van der Waals surface area contributed by atoms with Crippen LogP contribution in [0.2, 0.25) is 0 Å². The zero-order valence-corrected chi connectivity index (χ0v) is 16.9. The summed E-state index contributed by atoms with van der Waals surface area (Å²) in [5.74, 6) is -10.3. The third-order valence-electron chi connectivity index (χ3n) is 5.33. The van der Waals surface area contributed by atoms with Gasteiger partial charge in [0.15, 0.2) is 0 Å². The van der Waals surface area contributed by atoms with E-state index in [-0.39, 0.29) is 18.1 Å². The van der Waals surface area contributed by atoms with E-state index in [1.54, 1.807) is 6.07 Å². The summed E-state index contributed by atoms with van der Waals surface area (Å²) in [6, 6.07) is 3.74. The molecule has 1 aromatic heterocycles. The van der Waals surface area contributed by atoms with Gasteiger partial charge in [-0.2, -0.15) is 8.78 Å². The van der Waals surface area contributed by atoms with Gasteiger partial charge in [-0.15, -0.1) is 0 Å². The molecule has 0 radical (unpaired) electrons. The van der Waals surface area contributed by atoms with E-state index in [0.29, 0.717) is 16.7 Å². The highest BCUT2D eigenvalue weighted by Crippen LogP contribution is 2.38. The number of fused-ring (bicyclic) bond motifs is 5. The lowest BCUT2D eigenvalue weighted by atomic mass is 10.1. The van der Waals surface area contributed by atoms with Crippen molar-refractivity contribution in [1.82, 2.24) is 9.78 Å². The predicted octanol–water partition coefficient (Wildman–Crippen LogP) is 4.11. The van der Waals surface area contributed by atoms with Crippen LogP contribution < -0.4 is 4.57 Å². The predicted molar refractivity (Wildman–Crippen MR) is 97.3 cm³/mol. The topological polar surface area (TPSA) is 74.1 Å². The van der Waals surface area contributed by atoms with Gasteiger partial charge in [0.2, 0.25) is 41.1 Å². The van der Waals surface area contributed by atoms with Gasteiger partial charge in [-0.05, 0) is 5.56 Å². The second kappa shape index (κ2) is 8.55. The van der Waals surface area contributed by atoms with Crippen LogP contribution in [0.15, 0.2) is 24.5 Å². The second-order valence-electron chi connectivity index (χ2n) is 7.44. The van der Waals surface area contributed by atoms with Crippen molar-refractivity contribution < 1.29 is 53.4 Å². The van der Waals surface area contributed by atoms with Gasteiger partial charge in [0, 0.05) is 29.2 Å². The van der Waals surface area contributed by atoms with Gasteiger partial charge in [-0.25, -0.2) is 17.7 Å². The summed E-state index contributed by atoms with van der Waals surface area (Å²) in [6.45, 7) is -0.0698. The average molecular weight is 512 g/mol. The minimum absolute atomic E-state index is 0.0698. The summed E-state index contributed by atoms with van der Waals surface area (Å²) in [6.07, 6.45) is 1.12. The van der Waals surface area contributed by atoms with Crippen molar-refractivity contribution in [2.75, 3.05) is 0 Å². The van der Waals surface area contributed by atoms with E-state index in [1.165, 1.54) is 16.7 Å². The fraction of sp³-hybridized carbons (Fsp3) is 0.222. The Balaban J connectivity index is 0.000000527. The fourth-order valence-corrected chi connectivity index (χ4v) is 3.97. The number of ether oxygens (including phenoxy) is 1. The molecular formula is C18H10BF9N4O3. The van der Waals surface area contributed by atoms with E-state index in [4.69, 9.17) is 4.74 Å². The van der Waals surface area contributed by atoms with Gasteiger partial charge in [-0.3, -0.25) is 10.1 Å². The molecule has 0 saturated heterocycles. The van der Waals surface area contributed by atoms with Crippen LogP contribution in [0.5, 0.6) is 0 Å². The molecule has 0 unspecified atom stereocenters. The molecule has 3 aromatic rings. The van der Waals surface area contributed by atoms with Gasteiger partial charge >= 0.3 is 13.1 Å². The van der Waals surface area contributed by atoms with Gasteiger partial charge in [0.25, 0.3) is 5.69 Å². The van der Waals surface area contributed by atoms with Crippen LogP contribution in [0.3, 0.4) is 0 Å². The Morgan fingerprint density at radius 2 is 1.60 bits per heavy atom. The van der Waals surface area contributed by atoms with Crippen molar-refractivity contribution in [3.8, 4) is 5.69 Å². The zero-order chi connectivity index (χ0) is 25.8. The molecule has 0 N–H and O–H groups in total. The molecular weight excluding hydrogens is 502 g/mol. The van der Waals surface area contributed by atoms with E-state index in [9.17, 15) is 49.3 Å². The van der Waals surface area contributed by atoms with Gasteiger partial charge in [0.05, 0.1) is 4.92 Å². The molecule has 186 valence electrons. The molecule has 17 heteroatoms. The first-order valence-electron chi connectivity index (χ1n) is 9.55. The Morgan fingerprint density at radius 3 is 2.17 bits per heavy atom. The SMILES string of the molecule is F[B-](F)(F)F.O=[N+]([O-])c1ccc2c(c1)[C@H]1[C@@H](C2)OCc2nn(-c3c(F)c(F)c(F)c(F)c3F)c[n+]21. The first kappa shape index (κ1) is 24.5. The monoisotopic (exact) mass is 512 g/mol. The Hall–Kier alpha value is -3.63. The third kappa shape index (κ3) is 4.42. The van der Waals surface area contributed by atoms with E-state index < -0.39 is 59.1 Å². The summed E-state index contributed by atoms with van der Waals surface area (Å²) in [5.41, 5.74) is -0.00608. The lowest BCUT2D eigenvalue weighted by Gasteiger charge is -2.23. The fourth-order valence-electron chi connectivity index (χ4n) is 3.97. The van der Waals surface area contributed by atoms with Crippen LogP contribution in [0.25, 0.3) is 5.69 Å². The van der Waals surface area contributed by atoms with Crippen LogP contribution in [-0.2, 0) is 17.8 Å². The number of rotatable bonds is 2. The highest BCUT2D eigenvalue weighted by atomic mass is 19.5. The number of benzene rings is 2. The number of nitrogens with zero attached hydrogens (tertiary/aromatic N) is 4. The summed E-state index contributed by atoms with van der Waals surface area (Å²) in [5, 5.41) is 15.1. The zero-order valence-electron chi connectivity index (χ0n) is 16.9. The highest BCUT2D eigenvalue weighted by Gasteiger charge is 2.45. The van der Waals surface area contributed by atoms with E-state index in [2.05, 4.69) is 5.10 Å². The molecule has 1 aliphatic carbocycles. The summed E-state index contributed by atoms with van der Waals surface area (Å²) in [4.78, 5) is 10.6. The van der Waals surface area contributed by atoms with E-state index in [0.717, 1.165) is 11.9 Å². The highest BCUT2D eigenvalue weighted by molar-refractivity contribution is 6.50. The van der Waals surface area contributed by atoms with Crippen molar-refractivity contribution in [2.45, 2.75) is 25.2 Å². The maximum atomic E-state index is 14.2. The normalized spacial score (nSPS) is 18.3. The summed E-state index contributed by atoms with van der Waals surface area (Å²) >= 11 is 0. The molecule has 0 bridgehead atoms. The first-order chi connectivity index (χ1) is 16.3. The van der Waals surface area contributed by atoms with Crippen LogP contribution in [0, 0.1) is 39.2 Å². The molecule has 2 atom stereocenters. The molecule has 2 aliphatic rings. The summed E-state index contributed by atoms with van der Waals surface area (Å²) < 4.78 is 116. The molecule has 35 heavy (non-hydrogen) atoms. The van der Waals surface area contributed by atoms with Crippen LogP contribution in [0.1, 0.15) is 23.0 Å². The summed E-state index contributed by atoms with van der Waals surface area (Å²) in [7, 11) is -6.00. The Kier molecular flexibility index (Phi) is 5.98. The molecule has 0 fully saturated rings. The molecule has 7 nitrogen and oxygen atoms in total. The number of nitro groups is 1. The number of nitro benzene ring substituents is 1. The average Bonchev–Trinajstić information content (AvgIpc) is 3.35. The number of hydrogen-bond donors (Lipinski definition) is 0. The van der Waals surface area contributed by atoms with Gasteiger partial charge in [-0.1, -0.05) is 10.7 Å². The minimum Gasteiger partial charge on any atom is -0.418 e. The Bertz CT molecular complexity index is 1310. The molecule has 5 rings (SSSR count). The maximum absolute atomic E-state index is 14.2. The lowest BCUT2D eigenvalue weighted by Crippen LogP contribution is -2.51. The van der Waals surface area contributed by atoms with Crippen molar-refractivity contribution >= 4 is 12.9 Å². The van der Waals surface area contributed by atoms with Gasteiger partial charge in [0.1, 0.15) is 18.8 Å². The van der Waals surface area contributed by atoms with Crippen molar-refractivity contribution in [3.05, 3.63) is 80.7 Å². The van der Waals surface area contributed by atoms with Crippen LogP contribution in [0.4, 0.5) is 44.9 Å². The number of aromatic nitrogens is 3. The number of non-ortho nitro benzene ring substituents is 1. The van der Waals surface area contributed by atoms with Crippen molar-refractivity contribution in [2.24, 2.45) is 0 Å². The number of hydrogen-bond acceptors (Lipinski definition) is 4. The Morgan fingerprint density at radius 1 is 1.03 bits per heavy atom. The minimum atomic E-state index is -6.00. The molecule has 2 heterocycles. The quantitative estimate of drug-likeness (QED) is 0.0987. The molecule has 0 saturated carbocycles.